The van der Waals surface area contributed by atoms with E-state index in [2.05, 4.69) is 12.7 Å². The molecule has 0 N–H and O–H groups in total. The number of rotatable bonds is 3. The molecule has 1 atom stereocenters. The van der Waals surface area contributed by atoms with Gasteiger partial charge in [-0.3, -0.25) is 9.59 Å². The van der Waals surface area contributed by atoms with Crippen LogP contribution in [0.5, 0.6) is 0 Å². The summed E-state index contributed by atoms with van der Waals surface area (Å²) in [6.07, 6.45) is 8.16. The van der Waals surface area contributed by atoms with Crippen molar-refractivity contribution in [3.63, 3.8) is 0 Å². The maximum absolute atomic E-state index is 12.7. The minimum Gasteiger partial charge on any atom is -0.289 e. The van der Waals surface area contributed by atoms with Gasteiger partial charge < -0.3 is 0 Å². The lowest BCUT2D eigenvalue weighted by Gasteiger charge is -2.27. The van der Waals surface area contributed by atoms with Gasteiger partial charge in [0.1, 0.15) is 0 Å². The second-order valence-electron chi connectivity index (χ2n) is 5.20. The molecule has 1 unspecified atom stereocenters. The van der Waals surface area contributed by atoms with Crippen LogP contribution in [0.1, 0.15) is 40.0 Å². The van der Waals surface area contributed by atoms with Crippen LogP contribution >= 0.6 is 0 Å². The lowest BCUT2D eigenvalue weighted by atomic mass is 9.74. The molecule has 0 saturated heterocycles. The van der Waals surface area contributed by atoms with Crippen molar-refractivity contribution in [1.82, 2.24) is 0 Å². The number of ketones is 2. The molecule has 2 heteroatoms. The van der Waals surface area contributed by atoms with Crippen LogP contribution in [0.15, 0.2) is 60.2 Å². The Balaban J connectivity index is 2.08. The van der Waals surface area contributed by atoms with E-state index in [1.54, 1.807) is 12.1 Å². The predicted octanol–water partition coefficient (Wildman–Crippen LogP) is 3.90. The van der Waals surface area contributed by atoms with Crippen LogP contribution in [-0.4, -0.2) is 11.6 Å². The first-order chi connectivity index (χ1) is 9.74. The van der Waals surface area contributed by atoms with Gasteiger partial charge in [0, 0.05) is 28.2 Å². The molecular weight excluding hydrogens is 248 g/mol. The van der Waals surface area contributed by atoms with Gasteiger partial charge in [-0.25, -0.2) is 0 Å². The van der Waals surface area contributed by atoms with Gasteiger partial charge in [0.15, 0.2) is 11.6 Å². The summed E-state index contributed by atoms with van der Waals surface area (Å²) in [6.45, 7) is 3.73. The number of allylic oxidation sites excluding steroid dienone is 5. The first-order valence-electron chi connectivity index (χ1n) is 6.93. The number of carbonyl (C=O) groups excluding carboxylic acids is 2. The first kappa shape index (κ1) is 12.8. The number of fused-ring (bicyclic) bond motifs is 1. The number of hydrogen-bond acceptors (Lipinski definition) is 2. The third kappa shape index (κ3) is 1.88. The quantitative estimate of drug-likeness (QED) is 0.776. The fourth-order valence-corrected chi connectivity index (χ4v) is 3.03. The van der Waals surface area contributed by atoms with Crippen molar-refractivity contribution in [2.45, 2.75) is 19.3 Å². The molecule has 100 valence electrons. The molecule has 0 heterocycles. The standard InChI is InChI=1S/C18H16O2/c1-2-3-7-12-8-6-11-15-16(12)18(20)14-10-5-4-9-13(14)17(15)19/h2,4-6,8-10,12H,1,3,7,11H2. The van der Waals surface area contributed by atoms with Crippen molar-refractivity contribution in [3.8, 4) is 0 Å². The Labute approximate surface area is 118 Å². The van der Waals surface area contributed by atoms with E-state index in [0.717, 1.165) is 12.8 Å². The highest BCUT2D eigenvalue weighted by atomic mass is 16.1. The van der Waals surface area contributed by atoms with E-state index in [1.165, 1.54) is 0 Å². The van der Waals surface area contributed by atoms with Crippen LogP contribution in [0.25, 0.3) is 0 Å². The maximum atomic E-state index is 12.7. The molecule has 3 rings (SSSR count). The minimum absolute atomic E-state index is 0.0168. The van der Waals surface area contributed by atoms with E-state index in [4.69, 9.17) is 0 Å². The van der Waals surface area contributed by atoms with Crippen LogP contribution in [0.2, 0.25) is 0 Å². The number of carbonyl (C=O) groups is 2. The third-order valence-electron chi connectivity index (χ3n) is 4.00. The molecule has 2 aliphatic rings. The lowest BCUT2D eigenvalue weighted by molar-refractivity contribution is 0.0964. The normalized spacial score (nSPS) is 20.7. The zero-order valence-corrected chi connectivity index (χ0v) is 11.3. The van der Waals surface area contributed by atoms with E-state index >= 15 is 0 Å². The van der Waals surface area contributed by atoms with Crippen molar-refractivity contribution in [1.29, 1.82) is 0 Å². The Kier molecular flexibility index (Phi) is 3.23. The highest BCUT2D eigenvalue weighted by Crippen LogP contribution is 2.37. The second kappa shape index (κ2) is 5.04. The number of hydrogen-bond donors (Lipinski definition) is 0. The summed E-state index contributed by atoms with van der Waals surface area (Å²) in [4.78, 5) is 25.3. The fourth-order valence-electron chi connectivity index (χ4n) is 3.03. The summed E-state index contributed by atoms with van der Waals surface area (Å²) < 4.78 is 0. The first-order valence-corrected chi connectivity index (χ1v) is 6.93. The molecule has 0 spiro atoms. The molecule has 0 aliphatic heterocycles. The summed E-state index contributed by atoms with van der Waals surface area (Å²) in [6, 6.07) is 7.12. The molecule has 0 fully saturated rings. The van der Waals surface area contributed by atoms with Crippen LogP contribution in [0, 0.1) is 5.92 Å². The lowest BCUT2D eigenvalue weighted by Crippen LogP contribution is -2.27. The second-order valence-corrected chi connectivity index (χ2v) is 5.20. The molecule has 0 radical (unpaired) electrons. The van der Waals surface area contributed by atoms with Gasteiger partial charge >= 0.3 is 0 Å². The summed E-state index contributed by atoms with van der Waals surface area (Å²) in [5.74, 6) is 0.0818. The highest BCUT2D eigenvalue weighted by Gasteiger charge is 2.35. The smallest absolute Gasteiger partial charge is 0.190 e. The Hall–Kier alpha value is -2.22. The van der Waals surface area contributed by atoms with Gasteiger partial charge in [-0.2, -0.15) is 0 Å². The van der Waals surface area contributed by atoms with Crippen LogP contribution in [0.4, 0.5) is 0 Å². The van der Waals surface area contributed by atoms with E-state index < -0.39 is 0 Å². The number of benzene rings is 1. The van der Waals surface area contributed by atoms with Crippen LogP contribution in [-0.2, 0) is 0 Å². The number of Topliss-reactive ketones (excluding diaryl/α,β-unsaturated/α-hetero) is 2. The van der Waals surface area contributed by atoms with Crippen LogP contribution in [0.3, 0.4) is 0 Å². The molecule has 20 heavy (non-hydrogen) atoms. The molecule has 1 aromatic rings. The van der Waals surface area contributed by atoms with E-state index in [1.807, 2.05) is 24.3 Å². The Bertz CT molecular complexity index is 662. The maximum Gasteiger partial charge on any atom is 0.190 e. The van der Waals surface area contributed by atoms with Gasteiger partial charge in [-0.15, -0.1) is 6.58 Å². The van der Waals surface area contributed by atoms with Gasteiger partial charge in [-0.05, 0) is 19.3 Å². The van der Waals surface area contributed by atoms with E-state index in [0.29, 0.717) is 28.7 Å². The molecule has 0 amide bonds. The molecule has 2 nitrogen and oxygen atoms in total. The molecule has 0 bridgehead atoms. The third-order valence-corrected chi connectivity index (χ3v) is 4.00. The average molecular weight is 264 g/mol. The Morgan fingerprint density at radius 3 is 2.55 bits per heavy atom. The molecule has 0 aromatic heterocycles. The van der Waals surface area contributed by atoms with Gasteiger partial charge in [-0.1, -0.05) is 42.5 Å². The van der Waals surface area contributed by atoms with Crippen molar-refractivity contribution in [2.75, 3.05) is 0 Å². The molecular formula is C18H16O2. The van der Waals surface area contributed by atoms with Crippen molar-refractivity contribution >= 4 is 11.6 Å². The Morgan fingerprint density at radius 1 is 1.15 bits per heavy atom. The summed E-state index contributed by atoms with van der Waals surface area (Å²) in [5.41, 5.74) is 2.49. The summed E-state index contributed by atoms with van der Waals surface area (Å²) >= 11 is 0. The summed E-state index contributed by atoms with van der Waals surface area (Å²) in [5, 5.41) is 0. The molecule has 0 saturated carbocycles. The van der Waals surface area contributed by atoms with Gasteiger partial charge in [0.25, 0.3) is 0 Å². The SMILES string of the molecule is C=CCCC1C=CCC2=C1C(=O)c1ccccc1C2=O. The monoisotopic (exact) mass is 264 g/mol. The average Bonchev–Trinajstić information content (AvgIpc) is 2.50. The van der Waals surface area contributed by atoms with Crippen LogP contribution < -0.4 is 0 Å². The minimum atomic E-state index is 0.0168. The zero-order chi connectivity index (χ0) is 14.1. The topological polar surface area (TPSA) is 34.1 Å². The Morgan fingerprint density at radius 2 is 1.85 bits per heavy atom. The van der Waals surface area contributed by atoms with E-state index in [-0.39, 0.29) is 17.5 Å². The molecule has 1 aromatic carbocycles. The highest BCUT2D eigenvalue weighted by molar-refractivity contribution is 6.27. The predicted molar refractivity (Wildman–Crippen MR) is 78.8 cm³/mol. The molecule has 2 aliphatic carbocycles. The largest absolute Gasteiger partial charge is 0.289 e. The van der Waals surface area contributed by atoms with Gasteiger partial charge in [0.2, 0.25) is 0 Å². The van der Waals surface area contributed by atoms with E-state index in [9.17, 15) is 9.59 Å². The summed E-state index contributed by atoms with van der Waals surface area (Å²) in [7, 11) is 0. The van der Waals surface area contributed by atoms with Crippen molar-refractivity contribution in [3.05, 3.63) is 71.3 Å². The van der Waals surface area contributed by atoms with Crippen molar-refractivity contribution in [2.24, 2.45) is 5.92 Å². The van der Waals surface area contributed by atoms with Gasteiger partial charge in [0.05, 0.1) is 0 Å². The van der Waals surface area contributed by atoms with Crippen molar-refractivity contribution < 1.29 is 9.59 Å². The zero-order valence-electron chi connectivity index (χ0n) is 11.3. The fraction of sp³-hybridized carbons (Fsp3) is 0.222.